The first-order chi connectivity index (χ1) is 8.15. The smallest absolute Gasteiger partial charge is 0.156 e. The Labute approximate surface area is 103 Å². The lowest BCUT2D eigenvalue weighted by atomic mass is 10.0. The molecule has 0 unspecified atom stereocenters. The van der Waals surface area contributed by atoms with Gasteiger partial charge in [-0.15, -0.1) is 6.58 Å². The van der Waals surface area contributed by atoms with E-state index in [9.17, 15) is 4.79 Å². The zero-order valence-corrected chi connectivity index (χ0v) is 10.3. The maximum absolute atomic E-state index is 11.5. The third kappa shape index (κ3) is 4.68. The van der Waals surface area contributed by atoms with Crippen LogP contribution in [0, 0.1) is 5.92 Å². The van der Waals surface area contributed by atoms with Crippen LogP contribution in [0.2, 0.25) is 0 Å². The number of hydrogen-bond acceptors (Lipinski definition) is 2. The Morgan fingerprint density at radius 2 is 2.06 bits per heavy atom. The van der Waals surface area contributed by atoms with Crippen molar-refractivity contribution in [3.63, 3.8) is 0 Å². The molecule has 0 saturated heterocycles. The average Bonchev–Trinajstić information content (AvgIpc) is 2.36. The molecule has 0 aliphatic heterocycles. The molecule has 0 fully saturated rings. The Morgan fingerprint density at radius 3 is 2.59 bits per heavy atom. The normalized spacial score (nSPS) is 12.4. The van der Waals surface area contributed by atoms with E-state index in [1.165, 1.54) is 0 Å². The van der Waals surface area contributed by atoms with Gasteiger partial charge in [0.25, 0.3) is 0 Å². The number of methoxy groups -OCH3 is 1. The molecule has 0 saturated carbocycles. The topological polar surface area (TPSA) is 26.3 Å². The molecule has 1 aromatic carbocycles. The van der Waals surface area contributed by atoms with E-state index in [1.807, 2.05) is 37.3 Å². The molecule has 0 amide bonds. The number of hydrogen-bond donors (Lipinski definition) is 0. The Hall–Kier alpha value is -1.83. The lowest BCUT2D eigenvalue weighted by Crippen LogP contribution is -1.99. The zero-order chi connectivity index (χ0) is 12.7. The Bertz CT molecular complexity index is 401. The van der Waals surface area contributed by atoms with Crippen LogP contribution in [0.25, 0.3) is 6.08 Å². The van der Waals surface area contributed by atoms with Crippen LogP contribution < -0.4 is 4.74 Å². The monoisotopic (exact) mass is 230 g/mol. The Balaban J connectivity index is 2.57. The van der Waals surface area contributed by atoms with Crippen LogP contribution >= 0.6 is 0 Å². The van der Waals surface area contributed by atoms with Crippen molar-refractivity contribution in [3.05, 3.63) is 48.6 Å². The molecule has 1 rings (SSSR count). The fraction of sp³-hybridized carbons (Fsp3) is 0.267. The van der Waals surface area contributed by atoms with Gasteiger partial charge in [-0.05, 0) is 29.7 Å². The first-order valence-electron chi connectivity index (χ1n) is 5.63. The highest BCUT2D eigenvalue weighted by Crippen LogP contribution is 2.12. The summed E-state index contributed by atoms with van der Waals surface area (Å²) in [6.07, 6.45) is 5.73. The van der Waals surface area contributed by atoms with Crippen molar-refractivity contribution in [3.8, 4) is 5.75 Å². The number of benzene rings is 1. The van der Waals surface area contributed by atoms with Crippen LogP contribution in [0.15, 0.2) is 43.0 Å². The molecule has 0 aromatic heterocycles. The fourth-order valence-electron chi connectivity index (χ4n) is 1.37. The molecule has 0 aliphatic rings. The summed E-state index contributed by atoms with van der Waals surface area (Å²) in [5.41, 5.74) is 0.991. The zero-order valence-electron chi connectivity index (χ0n) is 10.3. The second-order valence-corrected chi connectivity index (χ2v) is 3.99. The summed E-state index contributed by atoms with van der Waals surface area (Å²) in [5, 5.41) is 0. The highest BCUT2D eigenvalue weighted by molar-refractivity contribution is 5.93. The average molecular weight is 230 g/mol. The van der Waals surface area contributed by atoms with Crippen molar-refractivity contribution in [2.75, 3.05) is 7.11 Å². The summed E-state index contributed by atoms with van der Waals surface area (Å²) in [4.78, 5) is 11.5. The van der Waals surface area contributed by atoms with E-state index in [-0.39, 0.29) is 11.7 Å². The molecule has 0 radical (unpaired) electrons. The van der Waals surface area contributed by atoms with Crippen molar-refractivity contribution in [1.82, 2.24) is 0 Å². The van der Waals surface area contributed by atoms with Gasteiger partial charge >= 0.3 is 0 Å². The molecule has 0 N–H and O–H groups in total. The first kappa shape index (κ1) is 13.2. The largest absolute Gasteiger partial charge is 0.497 e. The molecule has 2 heteroatoms. The molecule has 2 nitrogen and oxygen atoms in total. The minimum atomic E-state index is 0.119. The maximum Gasteiger partial charge on any atom is 0.156 e. The molecule has 0 bridgehead atoms. The van der Waals surface area contributed by atoms with Gasteiger partial charge in [0.15, 0.2) is 5.78 Å². The van der Waals surface area contributed by atoms with Gasteiger partial charge in [-0.1, -0.05) is 31.2 Å². The molecule has 17 heavy (non-hydrogen) atoms. The van der Waals surface area contributed by atoms with Crippen LogP contribution in [0.3, 0.4) is 0 Å². The summed E-state index contributed by atoms with van der Waals surface area (Å²) < 4.78 is 5.06. The van der Waals surface area contributed by atoms with Crippen molar-refractivity contribution in [2.45, 2.75) is 13.3 Å². The third-order valence-corrected chi connectivity index (χ3v) is 2.50. The summed E-state index contributed by atoms with van der Waals surface area (Å²) in [6, 6.07) is 7.58. The highest BCUT2D eigenvalue weighted by atomic mass is 16.5. The van der Waals surface area contributed by atoms with E-state index in [4.69, 9.17) is 4.74 Å². The highest BCUT2D eigenvalue weighted by Gasteiger charge is 2.01. The third-order valence-electron chi connectivity index (χ3n) is 2.50. The van der Waals surface area contributed by atoms with Crippen molar-refractivity contribution < 1.29 is 9.53 Å². The molecule has 1 atom stereocenters. The van der Waals surface area contributed by atoms with Gasteiger partial charge in [0, 0.05) is 6.42 Å². The van der Waals surface area contributed by atoms with Gasteiger partial charge in [-0.25, -0.2) is 0 Å². The predicted octanol–water partition coefficient (Wildman–Crippen LogP) is 3.49. The van der Waals surface area contributed by atoms with Gasteiger partial charge in [0.05, 0.1) is 7.11 Å². The summed E-state index contributed by atoms with van der Waals surface area (Å²) in [5.74, 6) is 1.16. The van der Waals surface area contributed by atoms with Crippen LogP contribution in [0.1, 0.15) is 18.9 Å². The molecule has 90 valence electrons. The van der Waals surface area contributed by atoms with E-state index >= 15 is 0 Å². The number of rotatable bonds is 6. The van der Waals surface area contributed by atoms with Gasteiger partial charge < -0.3 is 4.74 Å². The second-order valence-electron chi connectivity index (χ2n) is 3.99. The Morgan fingerprint density at radius 1 is 1.41 bits per heavy atom. The molecule has 0 aliphatic carbocycles. The first-order valence-corrected chi connectivity index (χ1v) is 5.63. The summed E-state index contributed by atoms with van der Waals surface area (Å²) in [7, 11) is 1.63. The summed E-state index contributed by atoms with van der Waals surface area (Å²) >= 11 is 0. The van der Waals surface area contributed by atoms with Crippen molar-refractivity contribution >= 4 is 11.9 Å². The number of ether oxygens (including phenoxy) is 1. The minimum absolute atomic E-state index is 0.119. The van der Waals surface area contributed by atoms with Crippen LogP contribution in [0.4, 0.5) is 0 Å². The lowest BCUT2D eigenvalue weighted by Gasteiger charge is -2.01. The van der Waals surface area contributed by atoms with Gasteiger partial charge in [0.2, 0.25) is 0 Å². The quantitative estimate of drug-likeness (QED) is 0.552. The standard InChI is InChI=1S/C15H18O2/c1-4-12(2)11-14(16)8-5-13-6-9-15(17-3)10-7-13/h4-10,12H,1,11H2,2-3H3/b8-5+/t12-/m0/s1. The number of carbonyl (C=O) groups excluding carboxylic acids is 1. The summed E-state index contributed by atoms with van der Waals surface area (Å²) in [6.45, 7) is 5.64. The SMILES string of the molecule is C=C[C@H](C)CC(=O)/C=C/c1ccc(OC)cc1. The number of ketones is 1. The molecule has 0 spiro atoms. The van der Waals surface area contributed by atoms with Gasteiger partial charge in [0.1, 0.15) is 5.75 Å². The second kappa shape index (κ2) is 6.69. The predicted molar refractivity (Wildman–Crippen MR) is 71.0 cm³/mol. The maximum atomic E-state index is 11.5. The van der Waals surface area contributed by atoms with Crippen molar-refractivity contribution in [1.29, 1.82) is 0 Å². The van der Waals surface area contributed by atoms with E-state index in [2.05, 4.69) is 6.58 Å². The van der Waals surface area contributed by atoms with E-state index in [0.29, 0.717) is 6.42 Å². The lowest BCUT2D eigenvalue weighted by molar-refractivity contribution is -0.115. The molecule has 1 aromatic rings. The fourth-order valence-corrected chi connectivity index (χ4v) is 1.37. The van der Waals surface area contributed by atoms with Gasteiger partial charge in [-0.2, -0.15) is 0 Å². The van der Waals surface area contributed by atoms with Crippen LogP contribution in [-0.2, 0) is 4.79 Å². The number of carbonyl (C=O) groups is 1. The molecular formula is C15H18O2. The minimum Gasteiger partial charge on any atom is -0.497 e. The van der Waals surface area contributed by atoms with Crippen LogP contribution in [0.5, 0.6) is 5.75 Å². The molecule has 0 heterocycles. The van der Waals surface area contributed by atoms with Gasteiger partial charge in [-0.3, -0.25) is 4.79 Å². The van der Waals surface area contributed by atoms with Crippen molar-refractivity contribution in [2.24, 2.45) is 5.92 Å². The van der Waals surface area contributed by atoms with E-state index < -0.39 is 0 Å². The number of allylic oxidation sites excluding steroid dienone is 2. The Kier molecular flexibility index (Phi) is 5.21. The van der Waals surface area contributed by atoms with E-state index in [0.717, 1.165) is 11.3 Å². The molecular weight excluding hydrogens is 212 g/mol. The van der Waals surface area contributed by atoms with E-state index in [1.54, 1.807) is 19.3 Å². The van der Waals surface area contributed by atoms with Crippen LogP contribution in [-0.4, -0.2) is 12.9 Å².